The van der Waals surface area contributed by atoms with Gasteiger partial charge in [-0.15, -0.1) is 0 Å². The van der Waals surface area contributed by atoms with E-state index in [0.29, 0.717) is 22.1 Å². The average molecular weight is 356 g/mol. The Morgan fingerprint density at radius 2 is 2.13 bits per heavy atom. The van der Waals surface area contributed by atoms with Crippen molar-refractivity contribution in [2.24, 2.45) is 5.92 Å². The SMILES string of the molecule is CC(C)CCC[C@H](C)NC(=O)CSc1nc(Cl)nc2nc[nH]c12. The quantitative estimate of drug-likeness (QED) is 0.430. The maximum atomic E-state index is 12.0. The predicted octanol–water partition coefficient (Wildman–Crippen LogP) is 3.43. The standard InChI is InChI=1S/C15H22ClN5OS/c1-9(2)5-4-6-10(3)19-11(22)7-23-14-12-13(18-8-17-12)20-15(16)21-14/h8-10H,4-7H2,1-3H3,(H,19,22)(H,17,18,20,21)/t10-/m0/s1. The maximum absolute atomic E-state index is 12.0. The van der Waals surface area contributed by atoms with Crippen molar-refractivity contribution in [1.82, 2.24) is 25.3 Å². The van der Waals surface area contributed by atoms with E-state index in [2.05, 4.69) is 39.1 Å². The second-order valence-electron chi connectivity index (χ2n) is 5.98. The monoisotopic (exact) mass is 355 g/mol. The Kier molecular flexibility index (Phi) is 6.65. The van der Waals surface area contributed by atoms with Crippen LogP contribution in [0.3, 0.4) is 0 Å². The molecule has 0 unspecified atom stereocenters. The van der Waals surface area contributed by atoms with Crippen LogP contribution >= 0.6 is 23.4 Å². The number of amides is 1. The van der Waals surface area contributed by atoms with Crippen LogP contribution in [-0.2, 0) is 4.79 Å². The number of imidazole rings is 1. The zero-order valence-electron chi connectivity index (χ0n) is 13.6. The molecule has 0 saturated heterocycles. The van der Waals surface area contributed by atoms with Gasteiger partial charge in [-0.1, -0.05) is 38.5 Å². The molecule has 2 heterocycles. The van der Waals surface area contributed by atoms with Gasteiger partial charge in [0, 0.05) is 6.04 Å². The number of H-pyrrole nitrogens is 1. The van der Waals surface area contributed by atoms with E-state index in [9.17, 15) is 4.79 Å². The van der Waals surface area contributed by atoms with E-state index in [1.165, 1.54) is 24.5 Å². The summed E-state index contributed by atoms with van der Waals surface area (Å²) in [5.41, 5.74) is 1.21. The second kappa shape index (κ2) is 8.49. The molecule has 2 aromatic rings. The number of hydrogen-bond donors (Lipinski definition) is 2. The van der Waals surface area contributed by atoms with E-state index in [4.69, 9.17) is 11.6 Å². The van der Waals surface area contributed by atoms with E-state index in [-0.39, 0.29) is 23.0 Å². The molecule has 2 aromatic heterocycles. The van der Waals surface area contributed by atoms with Crippen LogP contribution in [0.4, 0.5) is 0 Å². The maximum Gasteiger partial charge on any atom is 0.230 e. The molecule has 23 heavy (non-hydrogen) atoms. The molecule has 1 atom stereocenters. The number of nitrogens with one attached hydrogen (secondary N) is 2. The number of carbonyl (C=O) groups is 1. The minimum Gasteiger partial charge on any atom is -0.353 e. The molecule has 2 rings (SSSR count). The summed E-state index contributed by atoms with van der Waals surface area (Å²) in [5, 5.41) is 3.79. The molecule has 6 nitrogen and oxygen atoms in total. The molecule has 0 aliphatic rings. The highest BCUT2D eigenvalue weighted by Crippen LogP contribution is 2.24. The third-order valence-electron chi connectivity index (χ3n) is 3.39. The van der Waals surface area contributed by atoms with Crippen molar-refractivity contribution in [2.45, 2.75) is 51.1 Å². The van der Waals surface area contributed by atoms with Crippen LogP contribution in [0.25, 0.3) is 11.2 Å². The molecule has 0 aliphatic heterocycles. The lowest BCUT2D eigenvalue weighted by atomic mass is 10.0. The van der Waals surface area contributed by atoms with Crippen molar-refractivity contribution in [3.8, 4) is 0 Å². The molecule has 0 aliphatic carbocycles. The van der Waals surface area contributed by atoms with E-state index in [1.54, 1.807) is 0 Å². The number of aromatic nitrogens is 4. The van der Waals surface area contributed by atoms with Gasteiger partial charge in [-0.3, -0.25) is 4.79 Å². The first-order chi connectivity index (χ1) is 11.0. The first-order valence-electron chi connectivity index (χ1n) is 7.74. The van der Waals surface area contributed by atoms with Crippen molar-refractivity contribution in [3.05, 3.63) is 11.6 Å². The molecular weight excluding hydrogens is 334 g/mol. The molecule has 0 spiro atoms. The van der Waals surface area contributed by atoms with Gasteiger partial charge in [-0.2, -0.15) is 4.98 Å². The number of aromatic amines is 1. The van der Waals surface area contributed by atoms with Crippen LogP contribution in [0.1, 0.15) is 40.0 Å². The van der Waals surface area contributed by atoms with Crippen molar-refractivity contribution >= 4 is 40.4 Å². The fourth-order valence-electron chi connectivity index (χ4n) is 2.24. The summed E-state index contributed by atoms with van der Waals surface area (Å²) in [7, 11) is 0. The summed E-state index contributed by atoms with van der Waals surface area (Å²) >= 11 is 7.20. The summed E-state index contributed by atoms with van der Waals surface area (Å²) in [4.78, 5) is 27.3. The van der Waals surface area contributed by atoms with Crippen LogP contribution < -0.4 is 5.32 Å². The lowest BCUT2D eigenvalue weighted by Crippen LogP contribution is -2.33. The van der Waals surface area contributed by atoms with E-state index >= 15 is 0 Å². The molecule has 0 saturated carbocycles. The molecular formula is C15H22ClN5OS. The van der Waals surface area contributed by atoms with Crippen LogP contribution in [-0.4, -0.2) is 37.6 Å². The number of nitrogens with zero attached hydrogens (tertiary/aromatic N) is 3. The molecule has 0 bridgehead atoms. The highest BCUT2D eigenvalue weighted by Gasteiger charge is 2.13. The molecule has 8 heteroatoms. The first kappa shape index (κ1) is 18.0. The summed E-state index contributed by atoms with van der Waals surface area (Å²) in [6.07, 6.45) is 4.85. The average Bonchev–Trinajstić information content (AvgIpc) is 2.92. The minimum atomic E-state index is -0.00514. The molecule has 0 radical (unpaired) electrons. The first-order valence-corrected chi connectivity index (χ1v) is 9.11. The van der Waals surface area contributed by atoms with E-state index in [0.717, 1.165) is 12.8 Å². The Morgan fingerprint density at radius 3 is 2.87 bits per heavy atom. The van der Waals surface area contributed by atoms with Crippen molar-refractivity contribution in [3.63, 3.8) is 0 Å². The van der Waals surface area contributed by atoms with Gasteiger partial charge in [-0.25, -0.2) is 9.97 Å². The van der Waals surface area contributed by atoms with Crippen LogP contribution in [0, 0.1) is 5.92 Å². The molecule has 126 valence electrons. The largest absolute Gasteiger partial charge is 0.353 e. The molecule has 1 amide bonds. The zero-order valence-corrected chi connectivity index (χ0v) is 15.2. The van der Waals surface area contributed by atoms with E-state index in [1.807, 2.05) is 6.92 Å². The summed E-state index contributed by atoms with van der Waals surface area (Å²) in [6, 6.07) is 0.183. The smallest absolute Gasteiger partial charge is 0.230 e. The zero-order chi connectivity index (χ0) is 16.8. The fraction of sp³-hybridized carbons (Fsp3) is 0.600. The van der Waals surface area contributed by atoms with Gasteiger partial charge < -0.3 is 10.3 Å². The van der Waals surface area contributed by atoms with E-state index < -0.39 is 0 Å². The predicted molar refractivity (Wildman–Crippen MR) is 93.7 cm³/mol. The lowest BCUT2D eigenvalue weighted by molar-refractivity contribution is -0.119. The number of rotatable bonds is 8. The fourth-order valence-corrected chi connectivity index (χ4v) is 3.25. The summed E-state index contributed by atoms with van der Waals surface area (Å²) in [5.74, 6) is 0.984. The number of fused-ring (bicyclic) bond motifs is 1. The molecule has 0 aromatic carbocycles. The Hall–Kier alpha value is -1.34. The van der Waals surface area contributed by atoms with Gasteiger partial charge in [0.15, 0.2) is 5.65 Å². The van der Waals surface area contributed by atoms with Crippen LogP contribution in [0.2, 0.25) is 5.28 Å². The molecule has 2 N–H and O–H groups in total. The topological polar surface area (TPSA) is 83.6 Å². The van der Waals surface area contributed by atoms with Crippen LogP contribution in [0.15, 0.2) is 11.4 Å². The van der Waals surface area contributed by atoms with Gasteiger partial charge in [-0.05, 0) is 30.9 Å². The number of halogens is 1. The van der Waals surface area contributed by atoms with Gasteiger partial charge in [0.25, 0.3) is 0 Å². The lowest BCUT2D eigenvalue weighted by Gasteiger charge is -2.14. The summed E-state index contributed by atoms with van der Waals surface area (Å²) < 4.78 is 0. The normalized spacial score (nSPS) is 12.7. The van der Waals surface area contributed by atoms with Gasteiger partial charge in [0.1, 0.15) is 10.5 Å². The van der Waals surface area contributed by atoms with Crippen molar-refractivity contribution in [1.29, 1.82) is 0 Å². The molecule has 0 fully saturated rings. The van der Waals surface area contributed by atoms with Gasteiger partial charge in [0.05, 0.1) is 12.1 Å². The Balaban J connectivity index is 1.82. The highest BCUT2D eigenvalue weighted by atomic mass is 35.5. The third-order valence-corrected chi connectivity index (χ3v) is 4.54. The third kappa shape index (κ3) is 5.66. The number of hydrogen-bond acceptors (Lipinski definition) is 5. The Bertz CT molecular complexity index is 660. The Labute approximate surface area is 145 Å². The summed E-state index contributed by atoms with van der Waals surface area (Å²) in [6.45, 7) is 6.46. The van der Waals surface area contributed by atoms with Crippen LogP contribution in [0.5, 0.6) is 0 Å². The van der Waals surface area contributed by atoms with Crippen molar-refractivity contribution < 1.29 is 4.79 Å². The van der Waals surface area contributed by atoms with Crippen molar-refractivity contribution in [2.75, 3.05) is 5.75 Å². The number of thioether (sulfide) groups is 1. The van der Waals surface area contributed by atoms with Gasteiger partial charge in [0.2, 0.25) is 11.2 Å². The Morgan fingerprint density at radius 1 is 1.35 bits per heavy atom. The second-order valence-corrected chi connectivity index (χ2v) is 7.28. The highest BCUT2D eigenvalue weighted by molar-refractivity contribution is 8.00. The minimum absolute atomic E-state index is 0.00514. The van der Waals surface area contributed by atoms with Gasteiger partial charge >= 0.3 is 0 Å². The number of carbonyl (C=O) groups excluding carboxylic acids is 1.